The first kappa shape index (κ1) is 5.56. The van der Waals surface area contributed by atoms with Gasteiger partial charge in [-0.1, -0.05) is 0 Å². The standard InChI is InChI=1S/C5H7O3/c6-2-3-1-4(3)5(7)8/h4,6H,1-2H2,(H,7,8). The average molecular weight is 115 g/mol. The number of carboxylic acids is 1. The van der Waals surface area contributed by atoms with Crippen LogP contribution < -0.4 is 0 Å². The average Bonchev–Trinajstić information content (AvgIpc) is 2.42. The fourth-order valence-electron chi connectivity index (χ4n) is 0.640. The fourth-order valence-corrected chi connectivity index (χ4v) is 0.640. The van der Waals surface area contributed by atoms with Gasteiger partial charge in [0.2, 0.25) is 0 Å². The van der Waals surface area contributed by atoms with Crippen molar-refractivity contribution in [3.8, 4) is 0 Å². The van der Waals surface area contributed by atoms with Crippen LogP contribution in [0.4, 0.5) is 0 Å². The predicted molar refractivity (Wildman–Crippen MR) is 26.1 cm³/mol. The van der Waals surface area contributed by atoms with E-state index in [0.29, 0.717) is 6.42 Å². The molecule has 1 radical (unpaired) electrons. The predicted octanol–water partition coefficient (Wildman–Crippen LogP) is -0.342. The third-order valence-electron chi connectivity index (χ3n) is 1.30. The lowest BCUT2D eigenvalue weighted by atomic mass is 10.3. The van der Waals surface area contributed by atoms with Gasteiger partial charge in [0.25, 0.3) is 0 Å². The first-order chi connectivity index (χ1) is 3.75. The molecule has 45 valence electrons. The van der Waals surface area contributed by atoms with Crippen LogP contribution in [0.25, 0.3) is 0 Å². The molecule has 1 aliphatic rings. The zero-order chi connectivity index (χ0) is 6.15. The van der Waals surface area contributed by atoms with Crippen molar-refractivity contribution in [2.24, 2.45) is 5.92 Å². The van der Waals surface area contributed by atoms with Crippen LogP contribution in [-0.2, 0) is 4.79 Å². The Morgan fingerprint density at radius 1 is 1.88 bits per heavy atom. The van der Waals surface area contributed by atoms with Crippen LogP contribution >= 0.6 is 0 Å². The van der Waals surface area contributed by atoms with Crippen LogP contribution in [0.15, 0.2) is 0 Å². The molecule has 0 spiro atoms. The van der Waals surface area contributed by atoms with E-state index in [9.17, 15) is 4.79 Å². The lowest BCUT2D eigenvalue weighted by Crippen LogP contribution is -1.99. The van der Waals surface area contributed by atoms with E-state index in [1.165, 1.54) is 0 Å². The summed E-state index contributed by atoms with van der Waals surface area (Å²) in [6.45, 7) is -0.0586. The topological polar surface area (TPSA) is 57.5 Å². The highest BCUT2D eigenvalue weighted by atomic mass is 16.4. The van der Waals surface area contributed by atoms with Crippen LogP contribution in [0.5, 0.6) is 0 Å². The van der Waals surface area contributed by atoms with Gasteiger partial charge in [-0.15, -0.1) is 0 Å². The molecule has 3 nitrogen and oxygen atoms in total. The Bertz CT molecular complexity index is 110. The molecule has 0 aromatic carbocycles. The van der Waals surface area contributed by atoms with Gasteiger partial charge in [-0.05, 0) is 6.42 Å². The summed E-state index contributed by atoms with van der Waals surface area (Å²) in [5, 5.41) is 16.5. The Morgan fingerprint density at radius 3 is 2.62 bits per heavy atom. The molecule has 3 heteroatoms. The van der Waals surface area contributed by atoms with Crippen molar-refractivity contribution in [1.29, 1.82) is 0 Å². The molecular formula is C5H7O3. The van der Waals surface area contributed by atoms with Crippen LogP contribution in [0.1, 0.15) is 6.42 Å². The fraction of sp³-hybridized carbons (Fsp3) is 0.600. The second-order valence-corrected chi connectivity index (χ2v) is 1.91. The maximum Gasteiger partial charge on any atom is 0.307 e. The van der Waals surface area contributed by atoms with Crippen molar-refractivity contribution in [3.63, 3.8) is 0 Å². The highest BCUT2D eigenvalue weighted by molar-refractivity contribution is 5.77. The zero-order valence-corrected chi connectivity index (χ0v) is 4.29. The second-order valence-electron chi connectivity index (χ2n) is 1.91. The van der Waals surface area contributed by atoms with Crippen molar-refractivity contribution < 1.29 is 15.0 Å². The van der Waals surface area contributed by atoms with Gasteiger partial charge in [-0.3, -0.25) is 4.79 Å². The Hall–Kier alpha value is -0.570. The number of carbonyl (C=O) groups is 1. The number of hydrogen-bond acceptors (Lipinski definition) is 2. The molecule has 1 fully saturated rings. The molecule has 1 atom stereocenters. The Kier molecular flexibility index (Phi) is 1.21. The minimum atomic E-state index is -0.811. The van der Waals surface area contributed by atoms with Crippen molar-refractivity contribution in [1.82, 2.24) is 0 Å². The first-order valence-corrected chi connectivity index (χ1v) is 2.44. The summed E-state index contributed by atoms with van der Waals surface area (Å²) in [5.74, 6) is -0.397. The quantitative estimate of drug-likeness (QED) is 0.517. The molecule has 2 N–H and O–H groups in total. The van der Waals surface area contributed by atoms with Crippen molar-refractivity contribution in [3.05, 3.63) is 5.92 Å². The SMILES string of the molecule is O=C(O)C1C[C]1CO. The van der Waals surface area contributed by atoms with Crippen LogP contribution in [0.2, 0.25) is 0 Å². The van der Waals surface area contributed by atoms with Gasteiger partial charge in [0, 0.05) is 5.92 Å². The highest BCUT2D eigenvalue weighted by Gasteiger charge is 2.43. The largest absolute Gasteiger partial charge is 0.481 e. The van der Waals surface area contributed by atoms with E-state index in [1.54, 1.807) is 0 Å². The lowest BCUT2D eigenvalue weighted by Gasteiger charge is -1.84. The molecule has 0 amide bonds. The van der Waals surface area contributed by atoms with Crippen LogP contribution in [-0.4, -0.2) is 22.8 Å². The molecule has 1 saturated carbocycles. The van der Waals surface area contributed by atoms with Crippen molar-refractivity contribution in [2.45, 2.75) is 6.42 Å². The summed E-state index contributed by atoms with van der Waals surface area (Å²) >= 11 is 0. The van der Waals surface area contributed by atoms with E-state index in [2.05, 4.69) is 0 Å². The van der Waals surface area contributed by atoms with Crippen molar-refractivity contribution in [2.75, 3.05) is 6.61 Å². The lowest BCUT2D eigenvalue weighted by molar-refractivity contribution is -0.138. The van der Waals surface area contributed by atoms with E-state index < -0.39 is 5.97 Å². The molecule has 0 aliphatic heterocycles. The summed E-state index contributed by atoms with van der Waals surface area (Å²) in [6, 6.07) is 0. The summed E-state index contributed by atoms with van der Waals surface area (Å²) in [6.07, 6.45) is 0.575. The van der Waals surface area contributed by atoms with Gasteiger partial charge in [0.15, 0.2) is 0 Å². The third kappa shape index (κ3) is 0.816. The minimum absolute atomic E-state index is 0.0586. The van der Waals surface area contributed by atoms with Gasteiger partial charge in [-0.2, -0.15) is 0 Å². The number of aliphatic hydroxyl groups excluding tert-OH is 1. The molecule has 0 bridgehead atoms. The van der Waals surface area contributed by atoms with Gasteiger partial charge in [0.05, 0.1) is 12.5 Å². The Labute approximate surface area is 46.9 Å². The molecule has 0 saturated heterocycles. The highest BCUT2D eigenvalue weighted by Crippen LogP contribution is 2.40. The van der Waals surface area contributed by atoms with Gasteiger partial charge < -0.3 is 10.2 Å². The number of rotatable bonds is 2. The minimum Gasteiger partial charge on any atom is -0.481 e. The Balaban J connectivity index is 2.26. The number of aliphatic carboxylic acids is 1. The number of carboxylic acid groups (broad SMARTS) is 1. The van der Waals surface area contributed by atoms with Crippen LogP contribution in [0.3, 0.4) is 0 Å². The third-order valence-corrected chi connectivity index (χ3v) is 1.30. The molecule has 0 heterocycles. The van der Waals surface area contributed by atoms with E-state index >= 15 is 0 Å². The number of aliphatic hydroxyl groups is 1. The zero-order valence-electron chi connectivity index (χ0n) is 4.29. The maximum atomic E-state index is 10.00. The normalized spacial score (nSPS) is 27.9. The van der Waals surface area contributed by atoms with Crippen molar-refractivity contribution >= 4 is 5.97 Å². The molecule has 0 aromatic rings. The van der Waals surface area contributed by atoms with E-state index in [1.807, 2.05) is 0 Å². The monoisotopic (exact) mass is 115 g/mol. The molecular weight excluding hydrogens is 108 g/mol. The van der Waals surface area contributed by atoms with Gasteiger partial charge >= 0.3 is 5.97 Å². The van der Waals surface area contributed by atoms with Gasteiger partial charge in [-0.25, -0.2) is 0 Å². The molecule has 8 heavy (non-hydrogen) atoms. The van der Waals surface area contributed by atoms with Gasteiger partial charge in [0.1, 0.15) is 0 Å². The van der Waals surface area contributed by atoms with E-state index in [4.69, 9.17) is 10.2 Å². The van der Waals surface area contributed by atoms with Crippen LogP contribution in [0, 0.1) is 11.8 Å². The summed E-state index contributed by atoms with van der Waals surface area (Å²) in [5.41, 5.74) is 0. The maximum absolute atomic E-state index is 10.00. The second kappa shape index (κ2) is 1.74. The molecule has 0 aromatic heterocycles. The molecule has 1 unspecified atom stereocenters. The summed E-state index contributed by atoms with van der Waals surface area (Å²) < 4.78 is 0. The Morgan fingerprint density at radius 2 is 2.50 bits per heavy atom. The van der Waals surface area contributed by atoms with E-state index in [0.717, 1.165) is 5.92 Å². The summed E-state index contributed by atoms with van der Waals surface area (Å²) in [7, 11) is 0. The molecule has 1 aliphatic carbocycles. The number of hydrogen-bond donors (Lipinski definition) is 2. The molecule has 1 rings (SSSR count). The smallest absolute Gasteiger partial charge is 0.307 e. The summed E-state index contributed by atoms with van der Waals surface area (Å²) in [4.78, 5) is 10.00. The first-order valence-electron chi connectivity index (χ1n) is 2.44. The van der Waals surface area contributed by atoms with E-state index in [-0.39, 0.29) is 12.5 Å².